The van der Waals surface area contributed by atoms with Crippen molar-refractivity contribution in [3.63, 3.8) is 0 Å². The van der Waals surface area contributed by atoms with Gasteiger partial charge in [0.15, 0.2) is 0 Å². The van der Waals surface area contributed by atoms with Gasteiger partial charge >= 0.3 is 5.69 Å². The molecule has 0 saturated carbocycles. The Morgan fingerprint density at radius 1 is 0.967 bits per heavy atom. The minimum Gasteiger partial charge on any atom is -0.505 e. The molecule has 4 rings (SSSR count). The van der Waals surface area contributed by atoms with Crippen LogP contribution in [0.2, 0.25) is 0 Å². The first-order valence-corrected chi connectivity index (χ1v) is 9.50. The molecular weight excluding hydrogens is 382 g/mol. The fraction of sp³-hybridized carbons (Fsp3) is 0.217. The highest BCUT2D eigenvalue weighted by Crippen LogP contribution is 2.36. The predicted octanol–water partition coefficient (Wildman–Crippen LogP) is 3.03. The molecule has 2 heterocycles. The number of nitrogens with zero attached hydrogens (tertiary/aromatic N) is 3. The third-order valence-corrected chi connectivity index (χ3v) is 5.49. The summed E-state index contributed by atoms with van der Waals surface area (Å²) in [5.41, 5.74) is 3.31. The Hall–Kier alpha value is -3.74. The van der Waals surface area contributed by atoms with Crippen LogP contribution in [0.25, 0.3) is 27.8 Å². The van der Waals surface area contributed by atoms with Gasteiger partial charge in [0, 0.05) is 20.3 Å². The highest BCUT2D eigenvalue weighted by molar-refractivity contribution is 5.95. The number of aromatic hydroxyl groups is 1. The maximum absolute atomic E-state index is 13.1. The van der Waals surface area contributed by atoms with E-state index in [1.807, 2.05) is 50.2 Å². The van der Waals surface area contributed by atoms with Gasteiger partial charge in [0.1, 0.15) is 11.5 Å². The summed E-state index contributed by atoms with van der Waals surface area (Å²) in [6.07, 6.45) is 1.73. The molecule has 0 fully saturated rings. The third kappa shape index (κ3) is 2.82. The molecule has 7 heteroatoms. The number of fused-ring (bicyclic) bond motifs is 1. The zero-order valence-corrected chi connectivity index (χ0v) is 17.6. The van der Waals surface area contributed by atoms with Gasteiger partial charge in [-0.1, -0.05) is 6.07 Å². The average molecular weight is 405 g/mol. The van der Waals surface area contributed by atoms with E-state index in [-0.39, 0.29) is 11.3 Å². The number of rotatable bonds is 3. The first kappa shape index (κ1) is 19.6. The van der Waals surface area contributed by atoms with Crippen LogP contribution in [0.3, 0.4) is 0 Å². The Morgan fingerprint density at radius 3 is 2.27 bits per heavy atom. The molecule has 0 radical (unpaired) electrons. The molecule has 0 saturated heterocycles. The van der Waals surface area contributed by atoms with Gasteiger partial charge in [0.25, 0.3) is 5.56 Å². The number of ether oxygens (including phenoxy) is 1. The number of methoxy groups -OCH3 is 1. The van der Waals surface area contributed by atoms with E-state index in [4.69, 9.17) is 4.74 Å². The van der Waals surface area contributed by atoms with Gasteiger partial charge in [0.05, 0.1) is 29.4 Å². The Labute approximate surface area is 173 Å². The van der Waals surface area contributed by atoms with E-state index in [1.165, 1.54) is 11.6 Å². The van der Waals surface area contributed by atoms with Gasteiger partial charge in [-0.2, -0.15) is 0 Å². The molecule has 0 unspecified atom stereocenters. The smallest absolute Gasteiger partial charge is 0.330 e. The summed E-state index contributed by atoms with van der Waals surface area (Å²) in [5, 5.41) is 11.2. The molecule has 2 aromatic heterocycles. The van der Waals surface area contributed by atoms with Crippen LogP contribution in [0, 0.1) is 13.8 Å². The van der Waals surface area contributed by atoms with Crippen molar-refractivity contribution >= 4 is 10.9 Å². The van der Waals surface area contributed by atoms with Gasteiger partial charge in [-0.3, -0.25) is 13.9 Å². The van der Waals surface area contributed by atoms with Crippen molar-refractivity contribution < 1.29 is 9.84 Å². The SMILES string of the molecule is COc1ccc(-c2c3c(=O)n(C)c(=O)n(C)c3cn2-c2cc(C)cc(C)c2O)cc1. The molecule has 0 atom stereocenters. The topological polar surface area (TPSA) is 78.4 Å². The Bertz CT molecular complexity index is 1410. The molecule has 0 aliphatic rings. The van der Waals surface area contributed by atoms with E-state index in [0.29, 0.717) is 28.0 Å². The first-order valence-electron chi connectivity index (χ1n) is 9.50. The summed E-state index contributed by atoms with van der Waals surface area (Å²) in [5.74, 6) is 0.813. The van der Waals surface area contributed by atoms with E-state index < -0.39 is 5.69 Å². The van der Waals surface area contributed by atoms with Crippen molar-refractivity contribution in [1.82, 2.24) is 13.7 Å². The van der Waals surface area contributed by atoms with Gasteiger partial charge in [0.2, 0.25) is 0 Å². The molecule has 0 aliphatic carbocycles. The van der Waals surface area contributed by atoms with Crippen molar-refractivity contribution in [2.45, 2.75) is 13.8 Å². The number of phenolic OH excluding ortho intramolecular Hbond substituents is 1. The molecular formula is C23H23N3O4. The molecule has 30 heavy (non-hydrogen) atoms. The number of aryl methyl sites for hydroxylation is 3. The van der Waals surface area contributed by atoms with Crippen LogP contribution in [-0.4, -0.2) is 25.9 Å². The van der Waals surface area contributed by atoms with Crippen LogP contribution in [0.4, 0.5) is 0 Å². The van der Waals surface area contributed by atoms with Crippen molar-refractivity contribution in [1.29, 1.82) is 0 Å². The lowest BCUT2D eigenvalue weighted by Gasteiger charge is -2.14. The lowest BCUT2D eigenvalue weighted by Crippen LogP contribution is -2.36. The van der Waals surface area contributed by atoms with Crippen molar-refractivity contribution in [3.8, 4) is 28.4 Å². The minimum absolute atomic E-state index is 0.123. The second-order valence-electron chi connectivity index (χ2n) is 7.49. The number of hydrogen-bond donors (Lipinski definition) is 1. The van der Waals surface area contributed by atoms with Gasteiger partial charge in [-0.05, 0) is 60.9 Å². The number of benzene rings is 2. The predicted molar refractivity (Wildman–Crippen MR) is 117 cm³/mol. The number of hydrogen-bond acceptors (Lipinski definition) is 4. The van der Waals surface area contributed by atoms with Crippen LogP contribution in [0.5, 0.6) is 11.5 Å². The molecule has 1 N–H and O–H groups in total. The summed E-state index contributed by atoms with van der Waals surface area (Å²) >= 11 is 0. The summed E-state index contributed by atoms with van der Waals surface area (Å²) in [7, 11) is 4.69. The highest BCUT2D eigenvalue weighted by atomic mass is 16.5. The molecule has 7 nitrogen and oxygen atoms in total. The maximum Gasteiger partial charge on any atom is 0.330 e. The monoisotopic (exact) mass is 405 g/mol. The molecule has 0 amide bonds. The second-order valence-corrected chi connectivity index (χ2v) is 7.49. The van der Waals surface area contributed by atoms with Crippen molar-refractivity contribution in [2.24, 2.45) is 14.1 Å². The molecule has 0 spiro atoms. The van der Waals surface area contributed by atoms with Crippen molar-refractivity contribution in [3.05, 3.63) is 74.6 Å². The lowest BCUT2D eigenvalue weighted by molar-refractivity contribution is 0.415. The highest BCUT2D eigenvalue weighted by Gasteiger charge is 2.22. The summed E-state index contributed by atoms with van der Waals surface area (Å²) < 4.78 is 9.58. The molecule has 2 aromatic carbocycles. The lowest BCUT2D eigenvalue weighted by atomic mass is 10.1. The van der Waals surface area contributed by atoms with Crippen LogP contribution in [0.15, 0.2) is 52.2 Å². The standard InChI is InChI=1S/C23H23N3O4/c1-13-10-14(2)21(27)17(11-13)26-12-18-19(22(28)25(4)23(29)24(18)3)20(26)15-6-8-16(30-5)9-7-15/h6-12,27H,1-5H3. The van der Waals surface area contributed by atoms with E-state index in [2.05, 4.69) is 0 Å². The molecule has 0 aliphatic heterocycles. The van der Waals surface area contributed by atoms with Crippen LogP contribution in [-0.2, 0) is 14.1 Å². The fourth-order valence-electron chi connectivity index (χ4n) is 3.88. The van der Waals surface area contributed by atoms with Gasteiger partial charge < -0.3 is 14.4 Å². The molecule has 0 bridgehead atoms. The summed E-state index contributed by atoms with van der Waals surface area (Å²) in [6.45, 7) is 3.78. The van der Waals surface area contributed by atoms with Crippen LogP contribution >= 0.6 is 0 Å². The zero-order chi connectivity index (χ0) is 21.7. The van der Waals surface area contributed by atoms with Crippen molar-refractivity contribution in [2.75, 3.05) is 7.11 Å². The van der Waals surface area contributed by atoms with Gasteiger partial charge in [-0.15, -0.1) is 0 Å². The van der Waals surface area contributed by atoms with E-state index in [1.54, 1.807) is 24.9 Å². The maximum atomic E-state index is 13.1. The quantitative estimate of drug-likeness (QED) is 0.568. The Morgan fingerprint density at radius 2 is 1.63 bits per heavy atom. The largest absolute Gasteiger partial charge is 0.505 e. The molecule has 154 valence electrons. The van der Waals surface area contributed by atoms with Crippen LogP contribution in [0.1, 0.15) is 11.1 Å². The van der Waals surface area contributed by atoms with E-state index >= 15 is 0 Å². The van der Waals surface area contributed by atoms with Crippen LogP contribution < -0.4 is 16.0 Å². The third-order valence-electron chi connectivity index (χ3n) is 5.49. The normalized spacial score (nSPS) is 11.2. The number of aromatic nitrogens is 3. The second kappa shape index (κ2) is 6.95. The fourth-order valence-corrected chi connectivity index (χ4v) is 3.88. The summed E-state index contributed by atoms with van der Waals surface area (Å²) in [4.78, 5) is 25.6. The first-order chi connectivity index (χ1) is 14.2. The average Bonchev–Trinajstić information content (AvgIpc) is 3.14. The van der Waals surface area contributed by atoms with E-state index in [0.717, 1.165) is 21.3 Å². The zero-order valence-electron chi connectivity index (χ0n) is 17.6. The number of phenols is 1. The van der Waals surface area contributed by atoms with E-state index in [9.17, 15) is 14.7 Å². The Kier molecular flexibility index (Phi) is 4.53. The minimum atomic E-state index is -0.407. The Balaban J connectivity index is 2.21. The van der Waals surface area contributed by atoms with Gasteiger partial charge in [-0.25, -0.2) is 4.79 Å². The molecule has 4 aromatic rings. The summed E-state index contributed by atoms with van der Waals surface area (Å²) in [6, 6.07) is 11.1.